The zero-order valence-corrected chi connectivity index (χ0v) is 20.5. The zero-order chi connectivity index (χ0) is 24.6. The molecule has 2 aliphatic heterocycles. The van der Waals surface area contributed by atoms with E-state index in [4.69, 9.17) is 14.2 Å². The lowest BCUT2D eigenvalue weighted by molar-refractivity contribution is 0.0928. The van der Waals surface area contributed by atoms with Gasteiger partial charge in [0.2, 0.25) is 5.78 Å². The third kappa shape index (κ3) is 4.03. The number of hydrogen-bond donors (Lipinski definition) is 0. The predicted molar refractivity (Wildman–Crippen MR) is 140 cm³/mol. The Morgan fingerprint density at radius 1 is 1.08 bits per heavy atom. The zero-order valence-electron chi connectivity index (χ0n) is 20.5. The first-order valence-electron chi connectivity index (χ1n) is 12.2. The molecule has 6 nitrogen and oxygen atoms in total. The second-order valence-corrected chi connectivity index (χ2v) is 9.35. The summed E-state index contributed by atoms with van der Waals surface area (Å²) in [4.78, 5) is 15.5. The third-order valence-electron chi connectivity index (χ3n) is 6.98. The first-order chi connectivity index (χ1) is 17.6. The van der Waals surface area contributed by atoms with Gasteiger partial charge in [-0.3, -0.25) is 9.69 Å². The van der Waals surface area contributed by atoms with Gasteiger partial charge in [-0.25, -0.2) is 0 Å². The highest BCUT2D eigenvalue weighted by atomic mass is 16.5. The van der Waals surface area contributed by atoms with Crippen LogP contribution in [0, 0.1) is 0 Å². The SMILES string of the molecule is COc1ccc2c(c1)c(/C=C1\Oc3c(ccc4c3CN(CCCc3ccccc3)CO4)C1=O)cn2C. The van der Waals surface area contributed by atoms with Crippen LogP contribution in [0.25, 0.3) is 17.0 Å². The van der Waals surface area contributed by atoms with Crippen LogP contribution < -0.4 is 14.2 Å². The number of Topliss-reactive ketones (excluding diaryl/α,β-unsaturated/α-hetero) is 1. The molecule has 4 aromatic rings. The molecule has 0 saturated heterocycles. The molecule has 0 bridgehead atoms. The minimum atomic E-state index is -0.103. The van der Waals surface area contributed by atoms with Crippen LogP contribution in [0.1, 0.15) is 33.5 Å². The van der Waals surface area contributed by atoms with Crippen LogP contribution in [-0.2, 0) is 20.0 Å². The van der Waals surface area contributed by atoms with Gasteiger partial charge in [-0.1, -0.05) is 30.3 Å². The average Bonchev–Trinajstić information content (AvgIpc) is 3.40. The van der Waals surface area contributed by atoms with Crippen LogP contribution in [0.15, 0.2) is 72.6 Å². The van der Waals surface area contributed by atoms with Crippen LogP contribution in [0.2, 0.25) is 0 Å². The highest BCUT2D eigenvalue weighted by molar-refractivity contribution is 6.15. The number of rotatable bonds is 6. The lowest BCUT2D eigenvalue weighted by Crippen LogP contribution is -2.33. The molecule has 0 spiro atoms. The van der Waals surface area contributed by atoms with E-state index in [9.17, 15) is 4.79 Å². The fraction of sp³-hybridized carbons (Fsp3) is 0.233. The maximum Gasteiger partial charge on any atom is 0.231 e. The molecule has 0 fully saturated rings. The van der Waals surface area contributed by atoms with Crippen molar-refractivity contribution in [2.45, 2.75) is 19.4 Å². The first kappa shape index (κ1) is 22.4. The van der Waals surface area contributed by atoms with E-state index >= 15 is 0 Å². The Hall–Kier alpha value is -4.03. The summed E-state index contributed by atoms with van der Waals surface area (Å²) in [6.45, 7) is 2.14. The molecule has 6 rings (SSSR count). The fourth-order valence-corrected chi connectivity index (χ4v) is 5.08. The molecule has 0 aliphatic carbocycles. The number of allylic oxidation sites excluding steroid dienone is 1. The lowest BCUT2D eigenvalue weighted by Gasteiger charge is -2.29. The van der Waals surface area contributed by atoms with Crippen LogP contribution in [-0.4, -0.2) is 35.6 Å². The number of nitrogens with zero attached hydrogens (tertiary/aromatic N) is 2. The maximum absolute atomic E-state index is 13.3. The van der Waals surface area contributed by atoms with E-state index in [0.29, 0.717) is 30.3 Å². The Morgan fingerprint density at radius 2 is 1.94 bits per heavy atom. The standard InChI is InChI=1S/C30H28N2O4/c1-31-17-21(24-16-22(34-2)10-12-26(24)31)15-28-29(33)23-11-13-27-25(30(23)36-28)18-32(19-35-27)14-6-9-20-7-4-3-5-8-20/h3-5,7-8,10-13,15-17H,6,9,14,18-19H2,1-2H3/b28-15-. The minimum absolute atomic E-state index is 0.103. The summed E-state index contributed by atoms with van der Waals surface area (Å²) in [5, 5.41) is 1.01. The van der Waals surface area contributed by atoms with Crippen LogP contribution in [0.4, 0.5) is 0 Å². The van der Waals surface area contributed by atoms with Gasteiger partial charge in [0.1, 0.15) is 24.0 Å². The van der Waals surface area contributed by atoms with Gasteiger partial charge < -0.3 is 18.8 Å². The molecule has 6 heteroatoms. The van der Waals surface area contributed by atoms with Crippen molar-refractivity contribution in [1.82, 2.24) is 9.47 Å². The van der Waals surface area contributed by atoms with Crippen LogP contribution in [0.5, 0.6) is 17.2 Å². The predicted octanol–water partition coefficient (Wildman–Crippen LogP) is 5.59. The lowest BCUT2D eigenvalue weighted by atomic mass is 10.0. The van der Waals surface area contributed by atoms with Gasteiger partial charge >= 0.3 is 0 Å². The molecule has 0 radical (unpaired) electrons. The second-order valence-electron chi connectivity index (χ2n) is 9.35. The van der Waals surface area contributed by atoms with Crippen molar-refractivity contribution in [3.63, 3.8) is 0 Å². The van der Waals surface area contributed by atoms with Crippen molar-refractivity contribution in [3.8, 4) is 17.2 Å². The number of aryl methyl sites for hydroxylation is 2. The number of ether oxygens (including phenoxy) is 3. The van der Waals surface area contributed by atoms with Gasteiger partial charge in [-0.15, -0.1) is 0 Å². The molecular weight excluding hydrogens is 452 g/mol. The monoisotopic (exact) mass is 480 g/mol. The van der Waals surface area contributed by atoms with Crippen molar-refractivity contribution in [2.24, 2.45) is 7.05 Å². The Labute approximate surface area is 210 Å². The van der Waals surface area contributed by atoms with Crippen molar-refractivity contribution in [3.05, 3.63) is 94.9 Å². The number of fused-ring (bicyclic) bond motifs is 4. The molecule has 0 atom stereocenters. The van der Waals surface area contributed by atoms with Gasteiger partial charge in [-0.05, 0) is 54.8 Å². The third-order valence-corrected chi connectivity index (χ3v) is 6.98. The van der Waals surface area contributed by atoms with Crippen LogP contribution >= 0.6 is 0 Å². The normalized spacial score (nSPS) is 16.1. The summed E-state index contributed by atoms with van der Waals surface area (Å²) in [5.41, 5.74) is 4.84. The van der Waals surface area contributed by atoms with Crippen molar-refractivity contribution in [1.29, 1.82) is 0 Å². The van der Waals surface area contributed by atoms with Gasteiger partial charge in [0, 0.05) is 42.8 Å². The second kappa shape index (κ2) is 9.21. The average molecular weight is 481 g/mol. The number of carbonyl (C=O) groups is 1. The highest BCUT2D eigenvalue weighted by Gasteiger charge is 2.33. The first-order valence-corrected chi connectivity index (χ1v) is 12.2. The number of ketones is 1. The van der Waals surface area contributed by atoms with E-state index in [1.165, 1.54) is 5.56 Å². The Balaban J connectivity index is 1.24. The summed E-state index contributed by atoms with van der Waals surface area (Å²) >= 11 is 0. The topological polar surface area (TPSA) is 52.9 Å². The highest BCUT2D eigenvalue weighted by Crippen LogP contribution is 2.42. The van der Waals surface area contributed by atoms with E-state index in [0.717, 1.165) is 52.9 Å². The largest absolute Gasteiger partial charge is 0.497 e. The molecule has 0 N–H and O–H groups in total. The van der Waals surface area contributed by atoms with E-state index in [-0.39, 0.29) is 5.78 Å². The molecule has 36 heavy (non-hydrogen) atoms. The number of carbonyl (C=O) groups excluding carboxylic acids is 1. The van der Waals surface area contributed by atoms with Crippen molar-refractivity contribution >= 4 is 22.8 Å². The van der Waals surface area contributed by atoms with E-state index in [1.807, 2.05) is 60.3 Å². The maximum atomic E-state index is 13.3. The van der Waals surface area contributed by atoms with E-state index in [1.54, 1.807) is 7.11 Å². The molecule has 3 heterocycles. The van der Waals surface area contributed by atoms with E-state index < -0.39 is 0 Å². The van der Waals surface area contributed by atoms with Gasteiger partial charge in [0.15, 0.2) is 5.76 Å². The molecule has 0 saturated carbocycles. The quantitative estimate of drug-likeness (QED) is 0.337. The number of benzene rings is 3. The summed E-state index contributed by atoms with van der Waals surface area (Å²) in [6, 6.07) is 20.2. The molecule has 0 amide bonds. The summed E-state index contributed by atoms with van der Waals surface area (Å²) < 4.78 is 19.7. The fourth-order valence-electron chi connectivity index (χ4n) is 5.08. The molecule has 3 aromatic carbocycles. The van der Waals surface area contributed by atoms with Gasteiger partial charge in [0.05, 0.1) is 18.2 Å². The Kier molecular flexibility index (Phi) is 5.74. The Morgan fingerprint density at radius 3 is 2.78 bits per heavy atom. The molecule has 182 valence electrons. The smallest absolute Gasteiger partial charge is 0.231 e. The van der Waals surface area contributed by atoms with Gasteiger partial charge in [0.25, 0.3) is 0 Å². The minimum Gasteiger partial charge on any atom is -0.497 e. The number of methoxy groups -OCH3 is 1. The summed E-state index contributed by atoms with van der Waals surface area (Å²) in [6.07, 6.45) is 5.89. The number of aromatic nitrogens is 1. The van der Waals surface area contributed by atoms with Crippen molar-refractivity contribution in [2.75, 3.05) is 20.4 Å². The van der Waals surface area contributed by atoms with Crippen molar-refractivity contribution < 1.29 is 19.0 Å². The summed E-state index contributed by atoms with van der Waals surface area (Å²) in [5.74, 6) is 2.41. The summed E-state index contributed by atoms with van der Waals surface area (Å²) in [7, 11) is 3.64. The molecular formula is C30H28N2O4. The Bertz CT molecular complexity index is 1490. The van der Waals surface area contributed by atoms with E-state index in [2.05, 4.69) is 29.2 Å². The molecule has 0 unspecified atom stereocenters. The number of hydrogen-bond acceptors (Lipinski definition) is 5. The molecule has 1 aromatic heterocycles. The van der Waals surface area contributed by atoms with Gasteiger partial charge in [-0.2, -0.15) is 0 Å². The van der Waals surface area contributed by atoms with Crippen LogP contribution in [0.3, 0.4) is 0 Å². The molecule has 2 aliphatic rings.